The van der Waals surface area contributed by atoms with Gasteiger partial charge >= 0.3 is 0 Å². The van der Waals surface area contributed by atoms with Gasteiger partial charge in [-0.3, -0.25) is 9.88 Å². The highest BCUT2D eigenvalue weighted by atomic mass is 16.3. The maximum Gasteiger partial charge on any atom is 0.141 e. The van der Waals surface area contributed by atoms with E-state index in [-0.39, 0.29) is 0 Å². The van der Waals surface area contributed by atoms with Crippen molar-refractivity contribution >= 4 is 0 Å². The van der Waals surface area contributed by atoms with E-state index in [0.29, 0.717) is 6.04 Å². The van der Waals surface area contributed by atoms with E-state index >= 15 is 0 Å². The fourth-order valence-corrected chi connectivity index (χ4v) is 3.79. The standard InChI is InChI=1S/C20H24N4O/c1-15-11-22-20(17-5-3-9-21-12-17)24(15)18-6-4-10-23(13-18)14-19-8-7-16(2)25-19/h3,5,7-9,11-12,18H,4,6,10,13-14H2,1-2H3. The maximum absolute atomic E-state index is 5.76. The van der Waals surface area contributed by atoms with Crippen LogP contribution in [0.3, 0.4) is 0 Å². The molecule has 0 N–H and O–H groups in total. The maximum atomic E-state index is 5.76. The van der Waals surface area contributed by atoms with Gasteiger partial charge in [0.05, 0.1) is 6.54 Å². The highest BCUT2D eigenvalue weighted by molar-refractivity contribution is 5.54. The molecule has 3 aromatic heterocycles. The fourth-order valence-electron chi connectivity index (χ4n) is 3.79. The summed E-state index contributed by atoms with van der Waals surface area (Å²) >= 11 is 0. The molecule has 1 fully saturated rings. The summed E-state index contributed by atoms with van der Waals surface area (Å²) in [6.45, 7) is 7.15. The minimum Gasteiger partial charge on any atom is -0.465 e. The van der Waals surface area contributed by atoms with Crippen molar-refractivity contribution in [3.63, 3.8) is 0 Å². The second-order valence-corrected chi connectivity index (χ2v) is 6.88. The third-order valence-corrected chi connectivity index (χ3v) is 4.92. The summed E-state index contributed by atoms with van der Waals surface area (Å²) in [7, 11) is 0. The number of imidazole rings is 1. The third-order valence-electron chi connectivity index (χ3n) is 4.92. The van der Waals surface area contributed by atoms with Crippen LogP contribution in [-0.4, -0.2) is 32.5 Å². The van der Waals surface area contributed by atoms with Gasteiger partial charge in [0.1, 0.15) is 17.3 Å². The quantitative estimate of drug-likeness (QED) is 0.723. The molecule has 0 radical (unpaired) electrons. The Morgan fingerprint density at radius 2 is 2.12 bits per heavy atom. The molecule has 1 unspecified atom stereocenters. The largest absolute Gasteiger partial charge is 0.465 e. The Morgan fingerprint density at radius 1 is 1.20 bits per heavy atom. The Labute approximate surface area is 148 Å². The number of nitrogens with zero attached hydrogens (tertiary/aromatic N) is 4. The predicted octanol–water partition coefficient (Wildman–Crippen LogP) is 3.99. The topological polar surface area (TPSA) is 47.1 Å². The molecule has 0 spiro atoms. The third kappa shape index (κ3) is 3.37. The summed E-state index contributed by atoms with van der Waals surface area (Å²) in [4.78, 5) is 11.4. The predicted molar refractivity (Wildman–Crippen MR) is 97.2 cm³/mol. The van der Waals surface area contributed by atoms with Crippen LogP contribution in [0.2, 0.25) is 0 Å². The fraction of sp³-hybridized carbons (Fsp3) is 0.400. The van der Waals surface area contributed by atoms with Crippen LogP contribution in [0.5, 0.6) is 0 Å². The highest BCUT2D eigenvalue weighted by Crippen LogP contribution is 2.29. The molecular formula is C20H24N4O. The molecule has 5 heteroatoms. The monoisotopic (exact) mass is 336 g/mol. The zero-order valence-corrected chi connectivity index (χ0v) is 14.9. The van der Waals surface area contributed by atoms with E-state index in [0.717, 1.165) is 42.5 Å². The van der Waals surface area contributed by atoms with Gasteiger partial charge in [0.2, 0.25) is 0 Å². The van der Waals surface area contributed by atoms with Crippen molar-refractivity contribution in [1.29, 1.82) is 0 Å². The van der Waals surface area contributed by atoms with E-state index in [1.807, 2.05) is 31.5 Å². The molecule has 1 saturated heterocycles. The Bertz CT molecular complexity index is 837. The van der Waals surface area contributed by atoms with Gasteiger partial charge < -0.3 is 8.98 Å². The van der Waals surface area contributed by atoms with Crippen molar-refractivity contribution in [2.75, 3.05) is 13.1 Å². The van der Waals surface area contributed by atoms with Gasteiger partial charge in [-0.1, -0.05) is 0 Å². The van der Waals surface area contributed by atoms with Crippen LogP contribution in [0.4, 0.5) is 0 Å². The van der Waals surface area contributed by atoms with Crippen LogP contribution in [0.15, 0.2) is 47.3 Å². The molecule has 0 aliphatic carbocycles. The van der Waals surface area contributed by atoms with Crippen molar-refractivity contribution in [2.24, 2.45) is 0 Å². The van der Waals surface area contributed by atoms with Gasteiger partial charge in [-0.2, -0.15) is 0 Å². The first-order valence-corrected chi connectivity index (χ1v) is 8.92. The van der Waals surface area contributed by atoms with Crippen molar-refractivity contribution < 1.29 is 4.42 Å². The number of piperidine rings is 1. The number of hydrogen-bond acceptors (Lipinski definition) is 4. The molecule has 0 aromatic carbocycles. The van der Waals surface area contributed by atoms with Crippen LogP contribution in [0.25, 0.3) is 11.4 Å². The summed E-state index contributed by atoms with van der Waals surface area (Å²) in [5.74, 6) is 3.05. The first kappa shape index (κ1) is 16.1. The molecule has 0 bridgehead atoms. The second kappa shape index (κ2) is 6.84. The summed E-state index contributed by atoms with van der Waals surface area (Å²) in [5.41, 5.74) is 2.29. The summed E-state index contributed by atoms with van der Waals surface area (Å²) in [5, 5.41) is 0. The SMILES string of the molecule is Cc1ccc(CN2CCCC(n3c(C)cnc3-c3cccnc3)C2)o1. The molecule has 1 aliphatic heterocycles. The molecule has 1 aliphatic rings. The Kier molecular flexibility index (Phi) is 4.40. The average Bonchev–Trinajstić information content (AvgIpc) is 3.21. The molecule has 0 saturated carbocycles. The first-order chi connectivity index (χ1) is 12.2. The van der Waals surface area contributed by atoms with Gasteiger partial charge in [-0.05, 0) is 57.5 Å². The van der Waals surface area contributed by atoms with Crippen LogP contribution in [0.1, 0.15) is 36.1 Å². The number of likely N-dealkylation sites (tertiary alicyclic amines) is 1. The molecule has 4 rings (SSSR count). The molecule has 3 aromatic rings. The summed E-state index contributed by atoms with van der Waals surface area (Å²) in [6.07, 6.45) is 8.03. The molecule has 0 amide bonds. The minimum absolute atomic E-state index is 0.433. The highest BCUT2D eigenvalue weighted by Gasteiger charge is 2.25. The number of pyridine rings is 1. The lowest BCUT2D eigenvalue weighted by atomic mass is 10.0. The smallest absolute Gasteiger partial charge is 0.141 e. The van der Waals surface area contributed by atoms with Crippen LogP contribution >= 0.6 is 0 Å². The van der Waals surface area contributed by atoms with E-state index in [1.165, 1.54) is 18.5 Å². The molecule has 4 heterocycles. The molecule has 1 atom stereocenters. The lowest BCUT2D eigenvalue weighted by Crippen LogP contribution is -2.36. The van der Waals surface area contributed by atoms with E-state index < -0.39 is 0 Å². The number of rotatable bonds is 4. The normalized spacial score (nSPS) is 18.6. The number of hydrogen-bond donors (Lipinski definition) is 0. The zero-order valence-electron chi connectivity index (χ0n) is 14.9. The van der Waals surface area contributed by atoms with Gasteiger partial charge in [-0.15, -0.1) is 0 Å². The lowest BCUT2D eigenvalue weighted by Gasteiger charge is -2.34. The summed E-state index contributed by atoms with van der Waals surface area (Å²) < 4.78 is 8.15. The summed E-state index contributed by atoms with van der Waals surface area (Å²) in [6, 6.07) is 8.61. The number of aromatic nitrogens is 3. The molecule has 25 heavy (non-hydrogen) atoms. The van der Waals surface area contributed by atoms with Crippen molar-refractivity contribution in [3.05, 3.63) is 60.1 Å². The first-order valence-electron chi connectivity index (χ1n) is 8.92. The van der Waals surface area contributed by atoms with Gasteiger partial charge in [0.15, 0.2) is 0 Å². The van der Waals surface area contributed by atoms with E-state index in [1.54, 1.807) is 6.20 Å². The van der Waals surface area contributed by atoms with Gasteiger partial charge in [0.25, 0.3) is 0 Å². The van der Waals surface area contributed by atoms with Crippen LogP contribution in [0, 0.1) is 13.8 Å². The van der Waals surface area contributed by atoms with Crippen LogP contribution in [-0.2, 0) is 6.54 Å². The van der Waals surface area contributed by atoms with Gasteiger partial charge in [-0.25, -0.2) is 4.98 Å². The van der Waals surface area contributed by atoms with Crippen LogP contribution < -0.4 is 0 Å². The van der Waals surface area contributed by atoms with Crippen molar-refractivity contribution in [2.45, 2.75) is 39.3 Å². The zero-order chi connectivity index (χ0) is 17.2. The molecular weight excluding hydrogens is 312 g/mol. The minimum atomic E-state index is 0.433. The van der Waals surface area contributed by atoms with Crippen molar-refractivity contribution in [3.8, 4) is 11.4 Å². The Balaban J connectivity index is 1.56. The molecule has 130 valence electrons. The van der Waals surface area contributed by atoms with Gasteiger partial charge in [0, 0.05) is 42.4 Å². The Hall–Kier alpha value is -2.40. The molecule has 5 nitrogen and oxygen atoms in total. The number of furan rings is 1. The van der Waals surface area contributed by atoms with E-state index in [2.05, 4.69) is 38.5 Å². The Morgan fingerprint density at radius 3 is 2.88 bits per heavy atom. The van der Waals surface area contributed by atoms with Crippen molar-refractivity contribution in [1.82, 2.24) is 19.4 Å². The average molecular weight is 336 g/mol. The van der Waals surface area contributed by atoms with E-state index in [9.17, 15) is 0 Å². The second-order valence-electron chi connectivity index (χ2n) is 6.88. The number of aryl methyl sites for hydroxylation is 2. The van der Waals surface area contributed by atoms with E-state index in [4.69, 9.17) is 4.42 Å². The lowest BCUT2D eigenvalue weighted by molar-refractivity contribution is 0.159.